The Bertz CT molecular complexity index is 1400. The van der Waals surface area contributed by atoms with Crippen molar-refractivity contribution in [3.63, 3.8) is 0 Å². The zero-order valence-corrected chi connectivity index (χ0v) is 17.5. The van der Waals surface area contributed by atoms with Crippen molar-refractivity contribution in [3.05, 3.63) is 93.4 Å². The molecule has 2 heterocycles. The van der Waals surface area contributed by atoms with Crippen LogP contribution in [0.5, 0.6) is 0 Å². The average molecular weight is 433 g/mol. The van der Waals surface area contributed by atoms with E-state index in [1.54, 1.807) is 54.0 Å². The molecule has 0 saturated carbocycles. The van der Waals surface area contributed by atoms with Gasteiger partial charge in [-0.15, -0.1) is 0 Å². The highest BCUT2D eigenvalue weighted by atomic mass is 19.1. The Morgan fingerprint density at radius 2 is 1.81 bits per heavy atom. The lowest BCUT2D eigenvalue weighted by Gasteiger charge is -2.10. The van der Waals surface area contributed by atoms with Crippen LogP contribution in [-0.4, -0.2) is 33.1 Å². The molecule has 32 heavy (non-hydrogen) atoms. The van der Waals surface area contributed by atoms with E-state index in [-0.39, 0.29) is 23.6 Å². The first-order chi connectivity index (χ1) is 15.3. The molecule has 0 unspecified atom stereocenters. The fourth-order valence-electron chi connectivity index (χ4n) is 3.78. The van der Waals surface area contributed by atoms with Crippen LogP contribution < -0.4 is 5.56 Å². The Morgan fingerprint density at radius 1 is 1.06 bits per heavy atom. The summed E-state index contributed by atoms with van der Waals surface area (Å²) in [6.45, 7) is 3.13. The molecule has 0 radical (unpaired) electrons. The molecule has 4 rings (SSSR count). The monoisotopic (exact) mass is 433 g/mol. The first-order valence-corrected chi connectivity index (χ1v) is 9.95. The largest absolute Gasteiger partial charge is 0.457 e. The number of nitrogens with zero attached hydrogens (tertiary/aromatic N) is 2. The fraction of sp³-hybridized carbons (Fsp3) is 0.167. The number of benzene rings is 2. The number of carbonyl (C=O) groups excluding carboxylic acids is 2. The highest BCUT2D eigenvalue weighted by molar-refractivity contribution is 5.99. The van der Waals surface area contributed by atoms with E-state index in [1.807, 2.05) is 6.92 Å². The molecule has 0 atom stereocenters. The number of rotatable bonds is 6. The van der Waals surface area contributed by atoms with Crippen LogP contribution in [-0.2, 0) is 16.0 Å². The zero-order chi connectivity index (χ0) is 22.8. The molecular formula is C24H20FN3O4. The third kappa shape index (κ3) is 4.07. The Balaban J connectivity index is 1.48. The van der Waals surface area contributed by atoms with Gasteiger partial charge in [-0.2, -0.15) is 5.10 Å². The maximum atomic E-state index is 13.6. The molecule has 0 aliphatic carbocycles. The van der Waals surface area contributed by atoms with Gasteiger partial charge in [-0.3, -0.25) is 14.4 Å². The third-order valence-electron chi connectivity index (χ3n) is 5.25. The number of nitrogens with one attached hydrogen (secondary N) is 1. The molecule has 1 N–H and O–H groups in total. The molecule has 0 aliphatic rings. The number of ether oxygens (including phenoxy) is 1. The fourth-order valence-corrected chi connectivity index (χ4v) is 3.78. The standard InChI is InChI=1S/C24H20FN3O4/c1-14-10-20(15(2)28(14)17-7-5-6-16(25)11-17)22(29)13-32-23(30)12-21-18-8-3-4-9-19(18)24(31)27-26-21/h3-11H,12-13H2,1-2H3,(H,27,31). The molecule has 0 bridgehead atoms. The summed E-state index contributed by atoms with van der Waals surface area (Å²) in [5, 5.41) is 7.29. The third-order valence-corrected chi connectivity index (χ3v) is 5.25. The van der Waals surface area contributed by atoms with Gasteiger partial charge in [0.1, 0.15) is 5.82 Å². The van der Waals surface area contributed by atoms with E-state index in [1.165, 1.54) is 12.1 Å². The van der Waals surface area contributed by atoms with E-state index >= 15 is 0 Å². The normalized spacial score (nSPS) is 11.0. The number of hydrogen-bond donors (Lipinski definition) is 1. The number of H-pyrrole nitrogens is 1. The summed E-state index contributed by atoms with van der Waals surface area (Å²) in [7, 11) is 0. The molecule has 7 nitrogen and oxygen atoms in total. The molecule has 0 spiro atoms. The predicted octanol–water partition coefficient (Wildman–Crippen LogP) is 3.44. The van der Waals surface area contributed by atoms with Crippen LogP contribution in [0.2, 0.25) is 0 Å². The van der Waals surface area contributed by atoms with Crippen LogP contribution in [0, 0.1) is 19.7 Å². The molecule has 0 amide bonds. The molecule has 2 aromatic heterocycles. The van der Waals surface area contributed by atoms with Crippen LogP contribution in [0.15, 0.2) is 59.4 Å². The second-order valence-corrected chi connectivity index (χ2v) is 7.41. The number of halogens is 1. The maximum Gasteiger partial charge on any atom is 0.312 e. The number of aromatic amines is 1. The number of Topliss-reactive ketones (excluding diaryl/α,β-unsaturated/α-hetero) is 1. The predicted molar refractivity (Wildman–Crippen MR) is 117 cm³/mol. The minimum Gasteiger partial charge on any atom is -0.457 e. The van der Waals surface area contributed by atoms with Gasteiger partial charge in [0.25, 0.3) is 5.56 Å². The zero-order valence-electron chi connectivity index (χ0n) is 17.5. The lowest BCUT2D eigenvalue weighted by atomic mass is 10.1. The summed E-state index contributed by atoms with van der Waals surface area (Å²) in [5.74, 6) is -1.38. The highest BCUT2D eigenvalue weighted by Gasteiger charge is 2.19. The average Bonchev–Trinajstić information content (AvgIpc) is 3.08. The molecule has 0 saturated heterocycles. The number of esters is 1. The number of fused-ring (bicyclic) bond motifs is 1. The molecular weight excluding hydrogens is 413 g/mol. The van der Waals surface area contributed by atoms with Gasteiger partial charge < -0.3 is 9.30 Å². The Hall–Kier alpha value is -4.07. The number of carbonyl (C=O) groups is 2. The summed E-state index contributed by atoms with van der Waals surface area (Å²) in [6.07, 6.45) is -0.188. The molecule has 0 fully saturated rings. The molecule has 4 aromatic rings. The van der Waals surface area contributed by atoms with Gasteiger partial charge in [0.15, 0.2) is 6.61 Å². The van der Waals surface area contributed by atoms with E-state index in [0.29, 0.717) is 33.4 Å². The van der Waals surface area contributed by atoms with Gasteiger partial charge in [-0.1, -0.05) is 24.3 Å². The van der Waals surface area contributed by atoms with Crippen molar-refractivity contribution < 1.29 is 18.7 Å². The van der Waals surface area contributed by atoms with Crippen LogP contribution in [0.4, 0.5) is 4.39 Å². The Labute approximate surface area is 182 Å². The van der Waals surface area contributed by atoms with E-state index in [0.717, 1.165) is 5.69 Å². The first kappa shape index (κ1) is 21.2. The van der Waals surface area contributed by atoms with Gasteiger partial charge in [-0.05, 0) is 44.2 Å². The lowest BCUT2D eigenvalue weighted by molar-refractivity contribution is -0.141. The van der Waals surface area contributed by atoms with E-state index in [4.69, 9.17) is 4.74 Å². The van der Waals surface area contributed by atoms with Crippen molar-refractivity contribution in [2.75, 3.05) is 6.61 Å². The van der Waals surface area contributed by atoms with Crippen LogP contribution in [0.1, 0.15) is 27.4 Å². The van der Waals surface area contributed by atoms with Crippen LogP contribution in [0.3, 0.4) is 0 Å². The quantitative estimate of drug-likeness (QED) is 0.371. The minimum absolute atomic E-state index is 0.188. The van der Waals surface area contributed by atoms with Crippen LogP contribution in [0.25, 0.3) is 16.5 Å². The van der Waals surface area contributed by atoms with E-state index in [2.05, 4.69) is 10.2 Å². The van der Waals surface area contributed by atoms with Gasteiger partial charge >= 0.3 is 5.97 Å². The van der Waals surface area contributed by atoms with E-state index < -0.39 is 12.6 Å². The van der Waals surface area contributed by atoms with Crippen molar-refractivity contribution in [2.24, 2.45) is 0 Å². The van der Waals surface area contributed by atoms with Crippen molar-refractivity contribution in [2.45, 2.75) is 20.3 Å². The topological polar surface area (TPSA) is 94.1 Å². The lowest BCUT2D eigenvalue weighted by Crippen LogP contribution is -2.18. The smallest absolute Gasteiger partial charge is 0.312 e. The van der Waals surface area contributed by atoms with Crippen molar-refractivity contribution in [3.8, 4) is 5.69 Å². The second kappa shape index (κ2) is 8.58. The number of hydrogen-bond acceptors (Lipinski definition) is 5. The maximum absolute atomic E-state index is 13.6. The van der Waals surface area contributed by atoms with Gasteiger partial charge in [0, 0.05) is 28.0 Å². The molecule has 2 aromatic carbocycles. The SMILES string of the molecule is Cc1cc(C(=O)COC(=O)Cc2n[nH]c(=O)c3ccccc23)c(C)n1-c1cccc(F)c1. The van der Waals surface area contributed by atoms with Gasteiger partial charge in [0.05, 0.1) is 17.5 Å². The summed E-state index contributed by atoms with van der Waals surface area (Å²) in [4.78, 5) is 36.9. The molecule has 8 heteroatoms. The second-order valence-electron chi connectivity index (χ2n) is 7.41. The summed E-state index contributed by atoms with van der Waals surface area (Å²) < 4.78 is 20.6. The molecule has 0 aliphatic heterocycles. The van der Waals surface area contributed by atoms with Crippen molar-refractivity contribution in [1.82, 2.24) is 14.8 Å². The van der Waals surface area contributed by atoms with Gasteiger partial charge in [0.2, 0.25) is 5.78 Å². The Kier molecular flexibility index (Phi) is 5.68. The number of aromatic nitrogens is 3. The first-order valence-electron chi connectivity index (χ1n) is 9.95. The minimum atomic E-state index is -0.637. The molecule has 162 valence electrons. The highest BCUT2D eigenvalue weighted by Crippen LogP contribution is 2.22. The number of ketones is 1. The number of aryl methyl sites for hydroxylation is 1. The van der Waals surface area contributed by atoms with Crippen LogP contribution >= 0.6 is 0 Å². The Morgan fingerprint density at radius 3 is 2.56 bits per heavy atom. The summed E-state index contributed by atoms with van der Waals surface area (Å²) >= 11 is 0. The van der Waals surface area contributed by atoms with Crippen molar-refractivity contribution in [1.29, 1.82) is 0 Å². The van der Waals surface area contributed by atoms with E-state index in [9.17, 15) is 18.8 Å². The summed E-state index contributed by atoms with van der Waals surface area (Å²) in [6, 6.07) is 14.6. The summed E-state index contributed by atoms with van der Waals surface area (Å²) in [5.41, 5.74) is 2.40. The van der Waals surface area contributed by atoms with Crippen molar-refractivity contribution >= 4 is 22.5 Å². The van der Waals surface area contributed by atoms with Gasteiger partial charge in [-0.25, -0.2) is 9.49 Å².